The fourth-order valence-electron chi connectivity index (χ4n) is 2.41. The minimum Gasteiger partial charge on any atom is -0.507 e. The highest BCUT2D eigenvalue weighted by Crippen LogP contribution is 2.14. The number of nitrogens with one attached hydrogen (secondary N) is 1. The Morgan fingerprint density at radius 2 is 1.88 bits per heavy atom. The molecule has 0 aliphatic carbocycles. The van der Waals surface area contributed by atoms with Crippen molar-refractivity contribution in [3.63, 3.8) is 0 Å². The van der Waals surface area contributed by atoms with Crippen molar-refractivity contribution in [2.45, 2.75) is 13.1 Å². The van der Waals surface area contributed by atoms with E-state index < -0.39 is 5.91 Å². The monoisotopic (exact) mass is 335 g/mol. The first kappa shape index (κ1) is 16.4. The molecule has 2 heterocycles. The first-order chi connectivity index (χ1) is 12.1. The van der Waals surface area contributed by atoms with Gasteiger partial charge in [-0.1, -0.05) is 36.4 Å². The smallest absolute Gasteiger partial charge is 0.256 e. The molecule has 3 rings (SSSR count). The molecule has 6 nitrogen and oxygen atoms in total. The number of benzene rings is 1. The van der Waals surface area contributed by atoms with Crippen LogP contribution in [0.25, 0.3) is 0 Å². The van der Waals surface area contributed by atoms with Gasteiger partial charge in [0.25, 0.3) is 11.5 Å². The minimum atomic E-state index is -0.468. The van der Waals surface area contributed by atoms with E-state index in [4.69, 9.17) is 0 Å². The largest absolute Gasteiger partial charge is 0.507 e. The molecule has 6 heteroatoms. The molecule has 0 unspecified atom stereocenters. The molecule has 126 valence electrons. The number of aromatic hydroxyl groups is 1. The van der Waals surface area contributed by atoms with Crippen LogP contribution in [0.4, 0.5) is 0 Å². The van der Waals surface area contributed by atoms with E-state index in [0.717, 1.165) is 11.6 Å². The van der Waals surface area contributed by atoms with Gasteiger partial charge in [0.1, 0.15) is 5.75 Å². The summed E-state index contributed by atoms with van der Waals surface area (Å²) in [6.07, 6.45) is 3.01. The van der Waals surface area contributed by atoms with Crippen molar-refractivity contribution in [3.05, 3.63) is 94.2 Å². The highest BCUT2D eigenvalue weighted by Gasteiger charge is 2.14. The third-order valence-electron chi connectivity index (χ3n) is 3.70. The van der Waals surface area contributed by atoms with Crippen LogP contribution in [0.2, 0.25) is 0 Å². The van der Waals surface area contributed by atoms with Gasteiger partial charge < -0.3 is 15.0 Å². The SMILES string of the molecule is O=C(NCc1ccccn1)c1cn(Cc2ccccc2)c(=O)cc1O. The molecule has 25 heavy (non-hydrogen) atoms. The van der Waals surface area contributed by atoms with E-state index in [1.807, 2.05) is 36.4 Å². The third-order valence-corrected chi connectivity index (χ3v) is 3.70. The molecule has 0 radical (unpaired) electrons. The maximum Gasteiger partial charge on any atom is 0.256 e. The molecule has 2 aromatic heterocycles. The van der Waals surface area contributed by atoms with Crippen molar-refractivity contribution in [3.8, 4) is 5.75 Å². The molecule has 0 fully saturated rings. The highest BCUT2D eigenvalue weighted by molar-refractivity contribution is 5.96. The minimum absolute atomic E-state index is 0.0477. The number of hydrogen-bond donors (Lipinski definition) is 2. The number of rotatable bonds is 5. The molecule has 0 saturated heterocycles. The van der Waals surface area contributed by atoms with Gasteiger partial charge in [0.05, 0.1) is 24.3 Å². The lowest BCUT2D eigenvalue weighted by Gasteiger charge is -2.11. The van der Waals surface area contributed by atoms with Crippen LogP contribution in [0, 0.1) is 0 Å². The Kier molecular flexibility index (Phi) is 4.89. The Morgan fingerprint density at radius 1 is 1.12 bits per heavy atom. The first-order valence-corrected chi connectivity index (χ1v) is 7.79. The summed E-state index contributed by atoms with van der Waals surface area (Å²) in [6, 6.07) is 15.9. The van der Waals surface area contributed by atoms with Crippen LogP contribution in [0.1, 0.15) is 21.6 Å². The summed E-state index contributed by atoms with van der Waals surface area (Å²) >= 11 is 0. The lowest BCUT2D eigenvalue weighted by atomic mass is 10.2. The molecule has 3 aromatic rings. The zero-order valence-corrected chi connectivity index (χ0v) is 13.4. The Labute approximate surface area is 144 Å². The van der Waals surface area contributed by atoms with Gasteiger partial charge in [0.15, 0.2) is 0 Å². The third kappa shape index (κ3) is 4.11. The quantitative estimate of drug-likeness (QED) is 0.746. The number of pyridine rings is 2. The summed E-state index contributed by atoms with van der Waals surface area (Å²) in [5.74, 6) is -0.808. The number of carbonyl (C=O) groups is 1. The second-order valence-electron chi connectivity index (χ2n) is 5.53. The van der Waals surface area contributed by atoms with Gasteiger partial charge in [0, 0.05) is 18.5 Å². The van der Waals surface area contributed by atoms with Crippen LogP contribution in [0.3, 0.4) is 0 Å². The molecule has 0 atom stereocenters. The lowest BCUT2D eigenvalue weighted by Crippen LogP contribution is -2.27. The Bertz CT molecular complexity index is 922. The molecular weight excluding hydrogens is 318 g/mol. The van der Waals surface area contributed by atoms with E-state index in [9.17, 15) is 14.7 Å². The average molecular weight is 335 g/mol. The lowest BCUT2D eigenvalue weighted by molar-refractivity contribution is 0.0947. The van der Waals surface area contributed by atoms with Gasteiger partial charge in [-0.2, -0.15) is 0 Å². The van der Waals surface area contributed by atoms with Gasteiger partial charge >= 0.3 is 0 Å². The molecule has 0 aliphatic rings. The fraction of sp³-hybridized carbons (Fsp3) is 0.105. The molecule has 0 saturated carbocycles. The van der Waals surface area contributed by atoms with Gasteiger partial charge in [-0.05, 0) is 17.7 Å². The summed E-state index contributed by atoms with van der Waals surface area (Å²) < 4.78 is 1.39. The van der Waals surface area contributed by atoms with E-state index in [1.165, 1.54) is 10.8 Å². The fourth-order valence-corrected chi connectivity index (χ4v) is 2.41. The number of aromatic nitrogens is 2. The van der Waals surface area contributed by atoms with Crippen molar-refractivity contribution in [2.24, 2.45) is 0 Å². The highest BCUT2D eigenvalue weighted by atomic mass is 16.3. The summed E-state index contributed by atoms with van der Waals surface area (Å²) in [5, 5.41) is 12.6. The Morgan fingerprint density at radius 3 is 2.60 bits per heavy atom. The Balaban J connectivity index is 1.79. The number of carbonyl (C=O) groups excluding carboxylic acids is 1. The summed E-state index contributed by atoms with van der Waals surface area (Å²) in [4.78, 5) is 28.5. The van der Waals surface area contributed by atoms with Gasteiger partial charge in [-0.25, -0.2) is 0 Å². The Hall–Kier alpha value is -3.41. The van der Waals surface area contributed by atoms with Crippen molar-refractivity contribution >= 4 is 5.91 Å². The topological polar surface area (TPSA) is 84.2 Å². The van der Waals surface area contributed by atoms with Crippen LogP contribution >= 0.6 is 0 Å². The summed E-state index contributed by atoms with van der Waals surface area (Å²) in [6.45, 7) is 0.553. The number of nitrogens with zero attached hydrogens (tertiary/aromatic N) is 2. The van der Waals surface area contributed by atoms with Crippen molar-refractivity contribution in [2.75, 3.05) is 0 Å². The molecule has 0 bridgehead atoms. The zero-order chi connectivity index (χ0) is 17.6. The number of hydrogen-bond acceptors (Lipinski definition) is 4. The van der Waals surface area contributed by atoms with E-state index >= 15 is 0 Å². The standard InChI is InChI=1S/C19H17N3O3/c23-17-10-18(24)22(12-14-6-2-1-3-7-14)13-16(17)19(25)21-11-15-8-4-5-9-20-15/h1-10,13,23H,11-12H2,(H,21,25). The molecule has 1 amide bonds. The number of amides is 1. The second-order valence-corrected chi connectivity index (χ2v) is 5.53. The maximum atomic E-state index is 12.3. The maximum absolute atomic E-state index is 12.3. The molecular formula is C19H17N3O3. The normalized spacial score (nSPS) is 10.4. The van der Waals surface area contributed by atoms with Crippen LogP contribution in [-0.4, -0.2) is 20.6 Å². The van der Waals surface area contributed by atoms with Crippen LogP contribution in [0.15, 0.2) is 71.8 Å². The predicted molar refractivity (Wildman–Crippen MR) is 93.3 cm³/mol. The van der Waals surface area contributed by atoms with Crippen molar-refractivity contribution in [1.29, 1.82) is 0 Å². The first-order valence-electron chi connectivity index (χ1n) is 7.79. The second kappa shape index (κ2) is 7.44. The zero-order valence-electron chi connectivity index (χ0n) is 13.4. The van der Waals surface area contributed by atoms with E-state index in [0.29, 0.717) is 12.2 Å². The van der Waals surface area contributed by atoms with Crippen LogP contribution in [0.5, 0.6) is 5.75 Å². The van der Waals surface area contributed by atoms with Gasteiger partial charge in [0.2, 0.25) is 0 Å². The summed E-state index contributed by atoms with van der Waals surface area (Å²) in [7, 11) is 0. The van der Waals surface area contributed by atoms with E-state index in [1.54, 1.807) is 18.3 Å². The van der Waals surface area contributed by atoms with Crippen molar-refractivity contribution in [1.82, 2.24) is 14.9 Å². The van der Waals surface area contributed by atoms with Crippen molar-refractivity contribution < 1.29 is 9.90 Å². The predicted octanol–water partition coefficient (Wildman–Crippen LogP) is 1.93. The van der Waals surface area contributed by atoms with Gasteiger partial charge in [-0.15, -0.1) is 0 Å². The molecule has 1 aromatic carbocycles. The van der Waals surface area contributed by atoms with Crippen LogP contribution in [-0.2, 0) is 13.1 Å². The molecule has 2 N–H and O–H groups in total. The van der Waals surface area contributed by atoms with E-state index in [2.05, 4.69) is 10.3 Å². The molecule has 0 spiro atoms. The summed E-state index contributed by atoms with van der Waals surface area (Å²) in [5.41, 5.74) is 1.30. The molecule has 0 aliphatic heterocycles. The van der Waals surface area contributed by atoms with Crippen LogP contribution < -0.4 is 10.9 Å². The van der Waals surface area contributed by atoms with E-state index in [-0.39, 0.29) is 23.4 Å². The van der Waals surface area contributed by atoms with Gasteiger partial charge in [-0.3, -0.25) is 14.6 Å². The average Bonchev–Trinajstić information content (AvgIpc) is 2.64.